The number of hydrogen-bond donors (Lipinski definition) is 1. The van der Waals surface area contributed by atoms with Gasteiger partial charge in [-0.3, -0.25) is 10.1 Å². The molecule has 1 aliphatic heterocycles. The van der Waals surface area contributed by atoms with Crippen LogP contribution in [0.2, 0.25) is 0 Å². The topological polar surface area (TPSA) is 64.4 Å². The molecule has 116 valence electrons. The van der Waals surface area contributed by atoms with E-state index >= 15 is 0 Å². The molecule has 0 aliphatic carbocycles. The van der Waals surface area contributed by atoms with Crippen molar-refractivity contribution in [3.05, 3.63) is 33.9 Å². The molecule has 0 bridgehead atoms. The van der Waals surface area contributed by atoms with Crippen LogP contribution >= 0.6 is 0 Å². The zero-order chi connectivity index (χ0) is 15.8. The molecule has 5 nitrogen and oxygen atoms in total. The molecule has 1 fully saturated rings. The van der Waals surface area contributed by atoms with E-state index in [1.807, 2.05) is 32.9 Å². The summed E-state index contributed by atoms with van der Waals surface area (Å²) in [4.78, 5) is 10.8. The molecule has 0 amide bonds. The lowest BCUT2D eigenvalue weighted by Crippen LogP contribution is -2.38. The van der Waals surface area contributed by atoms with Crippen LogP contribution in [0.1, 0.15) is 46.6 Å². The molecule has 1 aromatic rings. The quantitative estimate of drug-likeness (QED) is 0.675. The minimum absolute atomic E-state index is 0.125. The van der Waals surface area contributed by atoms with Crippen molar-refractivity contribution in [1.29, 1.82) is 0 Å². The Morgan fingerprint density at radius 1 is 1.38 bits per heavy atom. The highest BCUT2D eigenvalue weighted by atomic mass is 16.6. The van der Waals surface area contributed by atoms with Gasteiger partial charge in [0.15, 0.2) is 0 Å². The van der Waals surface area contributed by atoms with Crippen molar-refractivity contribution in [2.45, 2.75) is 64.7 Å². The molecule has 1 unspecified atom stereocenters. The van der Waals surface area contributed by atoms with Crippen molar-refractivity contribution in [3.8, 4) is 0 Å². The van der Waals surface area contributed by atoms with Gasteiger partial charge >= 0.3 is 0 Å². The summed E-state index contributed by atoms with van der Waals surface area (Å²) in [6, 6.07) is 5.49. The molecule has 1 aromatic carbocycles. The number of nitro groups is 1. The van der Waals surface area contributed by atoms with E-state index in [1.54, 1.807) is 6.07 Å². The summed E-state index contributed by atoms with van der Waals surface area (Å²) in [7, 11) is 0. The maximum atomic E-state index is 11.2. The number of nitrogens with zero attached hydrogens (tertiary/aromatic N) is 1. The average molecular weight is 292 g/mol. The third-order valence-electron chi connectivity index (χ3n) is 4.08. The van der Waals surface area contributed by atoms with Crippen molar-refractivity contribution >= 4 is 11.4 Å². The number of nitrogens with one attached hydrogen (secondary N) is 1. The van der Waals surface area contributed by atoms with Gasteiger partial charge in [0, 0.05) is 17.3 Å². The molecule has 0 saturated carbocycles. The normalized spacial score (nSPS) is 23.0. The lowest BCUT2D eigenvalue weighted by Gasteiger charge is -2.28. The molecule has 2 rings (SSSR count). The number of hydrogen-bond acceptors (Lipinski definition) is 4. The molecular weight excluding hydrogens is 268 g/mol. The van der Waals surface area contributed by atoms with E-state index in [4.69, 9.17) is 4.74 Å². The SMILES string of the molecule is CCc1ccc(NC2CC(C)(C)OC2(C)C)cc1[N+](=O)[O-]. The second kappa shape index (κ2) is 5.30. The van der Waals surface area contributed by atoms with Gasteiger partial charge < -0.3 is 10.1 Å². The predicted molar refractivity (Wildman–Crippen MR) is 83.7 cm³/mol. The summed E-state index contributed by atoms with van der Waals surface area (Å²) in [5, 5.41) is 14.6. The van der Waals surface area contributed by atoms with Crippen LogP contribution in [0.15, 0.2) is 18.2 Å². The molecule has 0 aromatic heterocycles. The molecule has 1 atom stereocenters. The summed E-state index contributed by atoms with van der Waals surface area (Å²) in [5.74, 6) is 0. The minimum Gasteiger partial charge on any atom is -0.379 e. The molecule has 1 saturated heterocycles. The Morgan fingerprint density at radius 3 is 2.52 bits per heavy atom. The van der Waals surface area contributed by atoms with E-state index in [9.17, 15) is 10.1 Å². The Labute approximate surface area is 125 Å². The van der Waals surface area contributed by atoms with Gasteiger partial charge in [0.1, 0.15) is 0 Å². The van der Waals surface area contributed by atoms with Gasteiger partial charge in [0.05, 0.1) is 22.2 Å². The fraction of sp³-hybridized carbons (Fsp3) is 0.625. The van der Waals surface area contributed by atoms with E-state index in [0.717, 1.165) is 17.7 Å². The zero-order valence-electron chi connectivity index (χ0n) is 13.4. The Hall–Kier alpha value is -1.62. The monoisotopic (exact) mass is 292 g/mol. The second-order valence-corrected chi connectivity index (χ2v) is 6.82. The van der Waals surface area contributed by atoms with Gasteiger partial charge in [0.2, 0.25) is 0 Å². The van der Waals surface area contributed by atoms with Gasteiger partial charge in [-0.25, -0.2) is 0 Å². The lowest BCUT2D eigenvalue weighted by molar-refractivity contribution is -0.385. The van der Waals surface area contributed by atoms with Gasteiger partial charge in [-0.1, -0.05) is 13.0 Å². The summed E-state index contributed by atoms with van der Waals surface area (Å²) in [5.41, 5.74) is 1.22. The molecule has 0 radical (unpaired) electrons. The molecule has 1 heterocycles. The van der Waals surface area contributed by atoms with E-state index in [0.29, 0.717) is 6.42 Å². The standard InChI is InChI=1S/C16H24N2O3/c1-6-11-7-8-12(9-13(11)18(19)20)17-14-10-15(2,3)21-16(14,4)5/h7-9,14,17H,6,10H2,1-5H3. The van der Waals surface area contributed by atoms with Gasteiger partial charge in [-0.15, -0.1) is 0 Å². The number of rotatable bonds is 4. The van der Waals surface area contributed by atoms with E-state index < -0.39 is 0 Å². The first kappa shape index (κ1) is 15.8. The van der Waals surface area contributed by atoms with Crippen molar-refractivity contribution in [3.63, 3.8) is 0 Å². The molecule has 1 aliphatic rings. The van der Waals surface area contributed by atoms with Crippen LogP contribution in [0.25, 0.3) is 0 Å². The molecule has 0 spiro atoms. The number of ether oxygens (including phenoxy) is 1. The summed E-state index contributed by atoms with van der Waals surface area (Å²) in [6.45, 7) is 10.2. The molecule has 1 N–H and O–H groups in total. The smallest absolute Gasteiger partial charge is 0.274 e. The third kappa shape index (κ3) is 3.35. The van der Waals surface area contributed by atoms with Crippen LogP contribution in [-0.4, -0.2) is 22.2 Å². The largest absolute Gasteiger partial charge is 0.379 e. The van der Waals surface area contributed by atoms with Gasteiger partial charge in [0.25, 0.3) is 5.69 Å². The maximum Gasteiger partial charge on any atom is 0.274 e. The average Bonchev–Trinajstić information content (AvgIpc) is 2.56. The first-order valence-electron chi connectivity index (χ1n) is 7.38. The first-order chi connectivity index (χ1) is 9.64. The molecular formula is C16H24N2O3. The van der Waals surface area contributed by atoms with E-state index in [2.05, 4.69) is 19.2 Å². The highest BCUT2D eigenvalue weighted by molar-refractivity contribution is 5.56. The highest BCUT2D eigenvalue weighted by Gasteiger charge is 2.45. The van der Waals surface area contributed by atoms with E-state index in [1.165, 1.54) is 0 Å². The van der Waals surface area contributed by atoms with Crippen LogP contribution in [0.4, 0.5) is 11.4 Å². The van der Waals surface area contributed by atoms with Crippen molar-refractivity contribution in [2.75, 3.05) is 5.32 Å². The Kier molecular flexibility index (Phi) is 3.97. The van der Waals surface area contributed by atoms with Crippen LogP contribution in [0.5, 0.6) is 0 Å². The zero-order valence-corrected chi connectivity index (χ0v) is 13.4. The van der Waals surface area contributed by atoms with Gasteiger partial charge in [-0.05, 0) is 46.6 Å². The summed E-state index contributed by atoms with van der Waals surface area (Å²) >= 11 is 0. The molecule has 5 heteroatoms. The molecule has 21 heavy (non-hydrogen) atoms. The summed E-state index contributed by atoms with van der Waals surface area (Å²) < 4.78 is 6.05. The minimum atomic E-state index is -0.315. The fourth-order valence-electron chi connectivity index (χ4n) is 3.11. The van der Waals surface area contributed by atoms with Crippen molar-refractivity contribution < 1.29 is 9.66 Å². The predicted octanol–water partition coefficient (Wildman–Crippen LogP) is 3.92. The Balaban J connectivity index is 2.24. The lowest BCUT2D eigenvalue weighted by atomic mass is 9.94. The highest BCUT2D eigenvalue weighted by Crippen LogP contribution is 2.39. The third-order valence-corrected chi connectivity index (χ3v) is 4.08. The van der Waals surface area contributed by atoms with Crippen LogP contribution in [0, 0.1) is 10.1 Å². The van der Waals surface area contributed by atoms with E-state index in [-0.39, 0.29) is 27.9 Å². The second-order valence-electron chi connectivity index (χ2n) is 6.82. The van der Waals surface area contributed by atoms with Crippen molar-refractivity contribution in [2.24, 2.45) is 0 Å². The maximum absolute atomic E-state index is 11.2. The van der Waals surface area contributed by atoms with Gasteiger partial charge in [-0.2, -0.15) is 0 Å². The Morgan fingerprint density at radius 2 is 2.05 bits per heavy atom. The number of nitro benzene ring substituents is 1. The van der Waals surface area contributed by atoms with Crippen LogP contribution < -0.4 is 5.32 Å². The number of anilines is 1. The van der Waals surface area contributed by atoms with Crippen LogP contribution in [-0.2, 0) is 11.2 Å². The Bertz CT molecular complexity index is 552. The van der Waals surface area contributed by atoms with Crippen molar-refractivity contribution in [1.82, 2.24) is 0 Å². The number of aryl methyl sites for hydroxylation is 1. The fourth-order valence-corrected chi connectivity index (χ4v) is 3.11. The number of benzene rings is 1. The first-order valence-corrected chi connectivity index (χ1v) is 7.38. The van der Waals surface area contributed by atoms with Crippen LogP contribution in [0.3, 0.4) is 0 Å². The summed E-state index contributed by atoms with van der Waals surface area (Å²) in [6.07, 6.45) is 1.52.